The van der Waals surface area contributed by atoms with E-state index >= 15 is 0 Å². The highest BCUT2D eigenvalue weighted by Gasteiger charge is 2.43. The van der Waals surface area contributed by atoms with Gasteiger partial charge in [0.25, 0.3) is 5.56 Å². The fourth-order valence-electron chi connectivity index (χ4n) is 2.56. The molecule has 1 aromatic heterocycles. The molecule has 0 aliphatic carbocycles. The van der Waals surface area contributed by atoms with Gasteiger partial charge in [0.15, 0.2) is 6.23 Å². The fraction of sp³-hybridized carbons (Fsp3) is 0.385. The van der Waals surface area contributed by atoms with Gasteiger partial charge in [0.1, 0.15) is 12.2 Å². The Morgan fingerprint density at radius 1 is 1.24 bits per heavy atom. The van der Waals surface area contributed by atoms with E-state index in [4.69, 9.17) is 4.74 Å². The number of nitrogens with zero attached hydrogens (tertiary/aromatic N) is 1. The zero-order chi connectivity index (χ0) is 15.1. The van der Waals surface area contributed by atoms with Crippen molar-refractivity contribution in [1.29, 1.82) is 0 Å². The maximum Gasteiger partial charge on any atom is 0.331 e. The molecule has 1 saturated heterocycles. The lowest BCUT2D eigenvalue weighted by Gasteiger charge is -2.19. The average Bonchev–Trinajstić information content (AvgIpc) is 2.75. The quantitative estimate of drug-likeness (QED) is 0.546. The first kappa shape index (κ1) is 14.3. The van der Waals surface area contributed by atoms with E-state index in [0.717, 1.165) is 4.57 Å². The summed E-state index contributed by atoms with van der Waals surface area (Å²) < 4.78 is 6.66. The van der Waals surface area contributed by atoms with Crippen molar-refractivity contribution in [3.05, 3.63) is 45.1 Å². The summed E-state index contributed by atoms with van der Waals surface area (Å²) in [7, 11) is 0. The van der Waals surface area contributed by atoms with Crippen LogP contribution in [-0.2, 0) is 4.74 Å². The van der Waals surface area contributed by atoms with Crippen LogP contribution in [0.1, 0.15) is 6.23 Å². The van der Waals surface area contributed by atoms with Crippen LogP contribution in [0.2, 0.25) is 0 Å². The highest BCUT2D eigenvalue weighted by molar-refractivity contribution is 7.80. The van der Waals surface area contributed by atoms with E-state index in [2.05, 4.69) is 17.6 Å². The van der Waals surface area contributed by atoms with Gasteiger partial charge < -0.3 is 14.9 Å². The van der Waals surface area contributed by atoms with Crippen molar-refractivity contribution >= 4 is 23.5 Å². The molecule has 1 aliphatic heterocycles. The number of aliphatic hydroxyl groups excluding tert-OH is 2. The van der Waals surface area contributed by atoms with E-state index in [9.17, 15) is 19.8 Å². The van der Waals surface area contributed by atoms with Crippen LogP contribution in [0.25, 0.3) is 10.9 Å². The molecule has 8 heteroatoms. The van der Waals surface area contributed by atoms with Crippen molar-refractivity contribution in [2.24, 2.45) is 0 Å². The summed E-state index contributed by atoms with van der Waals surface area (Å²) in [6.07, 6.45) is -4.20. The number of rotatable bonds is 2. The molecule has 3 N–H and O–H groups in total. The molecule has 7 nitrogen and oxygen atoms in total. The molecule has 2 heterocycles. The normalized spacial score (nSPS) is 29.1. The molecule has 2 aromatic rings. The topological polar surface area (TPSA) is 105 Å². The maximum absolute atomic E-state index is 12.1. The van der Waals surface area contributed by atoms with E-state index in [1.54, 1.807) is 24.3 Å². The Bertz CT molecular complexity index is 786. The zero-order valence-corrected chi connectivity index (χ0v) is 11.7. The molecule has 21 heavy (non-hydrogen) atoms. The Morgan fingerprint density at radius 2 is 1.95 bits per heavy atom. The minimum Gasteiger partial charge on any atom is -0.387 e. The maximum atomic E-state index is 12.1. The fourth-order valence-corrected chi connectivity index (χ4v) is 2.86. The minimum atomic E-state index is -1.28. The Kier molecular flexibility index (Phi) is 3.62. The standard InChI is InChI=1S/C13H14N2O5S/c16-9-8(5-21)20-12(10(9)17)15-7-4-2-1-3-6(7)11(18)14-13(15)19/h1-4,8-10,12,16-17,21H,5H2,(H,14,18,19)/t8-,9-,10-,12-/m1/s1. The van der Waals surface area contributed by atoms with Gasteiger partial charge in [-0.25, -0.2) is 4.79 Å². The summed E-state index contributed by atoms with van der Waals surface area (Å²) in [5.74, 6) is 0.199. The van der Waals surface area contributed by atoms with Gasteiger partial charge in [0.2, 0.25) is 0 Å². The van der Waals surface area contributed by atoms with Crippen molar-refractivity contribution in [2.45, 2.75) is 24.5 Å². The molecule has 0 amide bonds. The predicted octanol–water partition coefficient (Wildman–Crippen LogP) is -0.761. The van der Waals surface area contributed by atoms with Gasteiger partial charge in [0, 0.05) is 5.75 Å². The van der Waals surface area contributed by atoms with Crippen LogP contribution >= 0.6 is 12.6 Å². The second-order valence-corrected chi connectivity index (χ2v) is 5.24. The van der Waals surface area contributed by atoms with Crippen LogP contribution in [0.4, 0.5) is 0 Å². The molecule has 1 aliphatic rings. The number of aliphatic hydroxyl groups is 2. The molecular formula is C13H14N2O5S. The van der Waals surface area contributed by atoms with Gasteiger partial charge in [-0.1, -0.05) is 12.1 Å². The van der Waals surface area contributed by atoms with Gasteiger partial charge in [-0.2, -0.15) is 12.6 Å². The van der Waals surface area contributed by atoms with Crippen LogP contribution in [0.15, 0.2) is 33.9 Å². The number of hydrogen-bond acceptors (Lipinski definition) is 6. The molecule has 112 valence electrons. The van der Waals surface area contributed by atoms with Gasteiger partial charge >= 0.3 is 5.69 Å². The summed E-state index contributed by atoms with van der Waals surface area (Å²) in [5.41, 5.74) is -0.872. The summed E-state index contributed by atoms with van der Waals surface area (Å²) in [6, 6.07) is 6.50. The van der Waals surface area contributed by atoms with Crippen molar-refractivity contribution in [3.63, 3.8) is 0 Å². The lowest BCUT2D eigenvalue weighted by Crippen LogP contribution is -2.38. The summed E-state index contributed by atoms with van der Waals surface area (Å²) in [6.45, 7) is 0. The first-order chi connectivity index (χ1) is 10.0. The van der Waals surface area contributed by atoms with E-state index in [1.807, 2.05) is 0 Å². The van der Waals surface area contributed by atoms with Crippen LogP contribution < -0.4 is 11.2 Å². The summed E-state index contributed by atoms with van der Waals surface area (Å²) in [4.78, 5) is 26.1. The molecule has 0 spiro atoms. The summed E-state index contributed by atoms with van der Waals surface area (Å²) >= 11 is 4.04. The number of fused-ring (bicyclic) bond motifs is 1. The molecule has 0 radical (unpaired) electrons. The SMILES string of the molecule is O=c1[nH]c(=O)n([C@@H]2O[C@H](CS)[C@@H](O)[C@H]2O)c2ccccc12. The number of nitrogens with one attached hydrogen (secondary N) is 1. The highest BCUT2D eigenvalue weighted by Crippen LogP contribution is 2.30. The Labute approximate surface area is 124 Å². The Hall–Kier alpha value is -1.61. The number of hydrogen-bond donors (Lipinski definition) is 4. The number of benzene rings is 1. The number of thiol groups is 1. The molecule has 0 bridgehead atoms. The van der Waals surface area contributed by atoms with Crippen molar-refractivity contribution < 1.29 is 14.9 Å². The van der Waals surface area contributed by atoms with Crippen LogP contribution in [-0.4, -0.2) is 43.8 Å². The third kappa shape index (κ3) is 2.20. The monoisotopic (exact) mass is 310 g/mol. The second-order valence-electron chi connectivity index (χ2n) is 4.88. The molecular weight excluding hydrogens is 296 g/mol. The van der Waals surface area contributed by atoms with Crippen molar-refractivity contribution in [2.75, 3.05) is 5.75 Å². The Morgan fingerprint density at radius 3 is 2.62 bits per heavy atom. The number of H-pyrrole nitrogens is 1. The van der Waals surface area contributed by atoms with Gasteiger partial charge in [-0.3, -0.25) is 14.3 Å². The third-order valence-corrected chi connectivity index (χ3v) is 3.98. The molecule has 1 aromatic carbocycles. The lowest BCUT2D eigenvalue weighted by atomic mass is 10.1. The van der Waals surface area contributed by atoms with Crippen LogP contribution in [0.3, 0.4) is 0 Å². The van der Waals surface area contributed by atoms with Crippen LogP contribution in [0.5, 0.6) is 0 Å². The Balaban J connectivity index is 2.22. The molecule has 3 rings (SSSR count). The smallest absolute Gasteiger partial charge is 0.331 e. The third-order valence-electron chi connectivity index (χ3n) is 3.62. The lowest BCUT2D eigenvalue weighted by molar-refractivity contribution is -0.0310. The molecule has 0 unspecified atom stereocenters. The average molecular weight is 310 g/mol. The van der Waals surface area contributed by atoms with E-state index < -0.39 is 35.8 Å². The zero-order valence-electron chi connectivity index (χ0n) is 10.8. The molecule has 1 fully saturated rings. The number of para-hydroxylation sites is 1. The van der Waals surface area contributed by atoms with Gasteiger partial charge in [-0.15, -0.1) is 0 Å². The van der Waals surface area contributed by atoms with Gasteiger partial charge in [-0.05, 0) is 12.1 Å². The predicted molar refractivity (Wildman–Crippen MR) is 78.6 cm³/mol. The van der Waals surface area contributed by atoms with Crippen LogP contribution in [0, 0.1) is 0 Å². The second kappa shape index (κ2) is 5.30. The van der Waals surface area contributed by atoms with Crippen molar-refractivity contribution in [1.82, 2.24) is 9.55 Å². The van der Waals surface area contributed by atoms with Gasteiger partial charge in [0.05, 0.1) is 17.0 Å². The van der Waals surface area contributed by atoms with Crippen molar-refractivity contribution in [3.8, 4) is 0 Å². The number of ether oxygens (including phenoxy) is 1. The number of aromatic nitrogens is 2. The van der Waals surface area contributed by atoms with E-state index in [0.29, 0.717) is 10.9 Å². The largest absolute Gasteiger partial charge is 0.387 e. The first-order valence-electron chi connectivity index (χ1n) is 6.40. The summed E-state index contributed by atoms with van der Waals surface area (Å²) in [5, 5.41) is 20.3. The van der Waals surface area contributed by atoms with E-state index in [1.165, 1.54) is 0 Å². The minimum absolute atomic E-state index is 0.199. The highest BCUT2D eigenvalue weighted by atomic mass is 32.1. The van der Waals surface area contributed by atoms with E-state index in [-0.39, 0.29) is 5.75 Å². The molecule has 0 saturated carbocycles. The number of aromatic amines is 1. The first-order valence-corrected chi connectivity index (χ1v) is 7.04. The molecule has 4 atom stereocenters.